The number of rotatable bonds is 5. The quantitative estimate of drug-likeness (QED) is 0.683. The fourth-order valence-corrected chi connectivity index (χ4v) is 3.71. The number of carbonyl (C=O) groups is 1. The predicted octanol–water partition coefficient (Wildman–Crippen LogP) is 4.03. The van der Waals surface area contributed by atoms with Crippen molar-refractivity contribution in [3.05, 3.63) is 59.0 Å². The van der Waals surface area contributed by atoms with Crippen LogP contribution in [0, 0.1) is 0 Å². The second-order valence-corrected chi connectivity index (χ2v) is 7.02. The van der Waals surface area contributed by atoms with Gasteiger partial charge in [-0.3, -0.25) is 9.36 Å². The number of methoxy groups -OCH3 is 3. The molecule has 1 N–H and O–H groups in total. The van der Waals surface area contributed by atoms with Gasteiger partial charge in [0.15, 0.2) is 11.5 Å². The minimum atomic E-state index is -0.249. The third-order valence-electron chi connectivity index (χ3n) is 4.97. The minimum absolute atomic E-state index is 0.0908. The van der Waals surface area contributed by atoms with Crippen LogP contribution in [0.1, 0.15) is 23.6 Å². The van der Waals surface area contributed by atoms with Crippen LogP contribution in [0.5, 0.6) is 17.2 Å². The monoisotopic (exact) mass is 413 g/mol. The first-order valence-electron chi connectivity index (χ1n) is 8.98. The molecule has 2 aromatic carbocycles. The lowest BCUT2D eigenvalue weighted by Gasteiger charge is -2.24. The van der Waals surface area contributed by atoms with E-state index in [1.54, 1.807) is 39.8 Å². The largest absolute Gasteiger partial charge is 0.493 e. The fourth-order valence-electron chi connectivity index (χ4n) is 3.58. The van der Waals surface area contributed by atoms with Crippen LogP contribution >= 0.6 is 11.6 Å². The lowest BCUT2D eigenvalue weighted by Crippen LogP contribution is -2.25. The Morgan fingerprint density at radius 3 is 2.31 bits per heavy atom. The molecular weight excluding hydrogens is 394 g/mol. The zero-order valence-corrected chi connectivity index (χ0v) is 17.0. The molecule has 1 atom stereocenters. The summed E-state index contributed by atoms with van der Waals surface area (Å²) < 4.78 is 18.2. The van der Waals surface area contributed by atoms with Crippen LogP contribution in [-0.4, -0.2) is 36.8 Å². The number of hydrogen-bond acceptors (Lipinski definition) is 5. The summed E-state index contributed by atoms with van der Waals surface area (Å²) in [6.07, 6.45) is 1.97. The molecule has 0 saturated carbocycles. The molecule has 1 unspecified atom stereocenters. The van der Waals surface area contributed by atoms with Gasteiger partial charge in [0.1, 0.15) is 12.1 Å². The van der Waals surface area contributed by atoms with Gasteiger partial charge in [0.2, 0.25) is 11.7 Å². The maximum atomic E-state index is 12.5. The maximum Gasteiger partial charge on any atom is 0.226 e. The van der Waals surface area contributed by atoms with Gasteiger partial charge in [-0.2, -0.15) is 0 Å². The minimum Gasteiger partial charge on any atom is -0.493 e. The highest BCUT2D eigenvalue weighted by Crippen LogP contribution is 2.44. The lowest BCUT2D eigenvalue weighted by atomic mass is 9.89. The molecule has 1 aliphatic rings. The van der Waals surface area contributed by atoms with Crippen molar-refractivity contribution >= 4 is 23.3 Å². The molecule has 1 aromatic heterocycles. The van der Waals surface area contributed by atoms with Crippen molar-refractivity contribution in [2.45, 2.75) is 12.3 Å². The van der Waals surface area contributed by atoms with E-state index >= 15 is 0 Å². The summed E-state index contributed by atoms with van der Waals surface area (Å²) in [5, 5.41) is 3.58. The van der Waals surface area contributed by atoms with Gasteiger partial charge in [-0.25, -0.2) is 4.98 Å². The van der Waals surface area contributed by atoms with Gasteiger partial charge in [0, 0.05) is 23.0 Å². The Morgan fingerprint density at radius 1 is 1.07 bits per heavy atom. The Bertz CT molecular complexity index is 1040. The highest BCUT2D eigenvalue weighted by Gasteiger charge is 2.32. The number of benzene rings is 2. The van der Waals surface area contributed by atoms with E-state index in [1.807, 2.05) is 28.8 Å². The Labute approximate surface area is 173 Å². The van der Waals surface area contributed by atoms with E-state index in [1.165, 1.54) is 0 Å². The zero-order chi connectivity index (χ0) is 20.5. The summed E-state index contributed by atoms with van der Waals surface area (Å²) in [5.74, 6) is 1.87. The number of hydrogen-bond donors (Lipinski definition) is 1. The molecule has 1 aliphatic heterocycles. The van der Waals surface area contributed by atoms with E-state index in [4.69, 9.17) is 25.8 Å². The van der Waals surface area contributed by atoms with E-state index in [9.17, 15) is 4.79 Å². The molecule has 29 heavy (non-hydrogen) atoms. The Balaban J connectivity index is 1.82. The number of aromatic nitrogens is 2. The second kappa shape index (κ2) is 7.67. The highest BCUT2D eigenvalue weighted by atomic mass is 35.5. The third kappa shape index (κ3) is 3.38. The number of anilines is 1. The summed E-state index contributed by atoms with van der Waals surface area (Å²) in [5.41, 5.74) is 2.49. The number of imidazole rings is 1. The van der Waals surface area contributed by atoms with Crippen LogP contribution in [-0.2, 0) is 4.79 Å². The molecule has 4 rings (SSSR count). The smallest absolute Gasteiger partial charge is 0.226 e. The van der Waals surface area contributed by atoms with Crippen molar-refractivity contribution in [3.63, 3.8) is 0 Å². The normalized spacial score (nSPS) is 15.4. The molecule has 0 bridgehead atoms. The van der Waals surface area contributed by atoms with Gasteiger partial charge in [0.25, 0.3) is 0 Å². The van der Waals surface area contributed by atoms with E-state index in [2.05, 4.69) is 10.3 Å². The number of nitrogens with zero attached hydrogens (tertiary/aromatic N) is 2. The first-order chi connectivity index (χ1) is 14.0. The molecule has 0 fully saturated rings. The Hall–Kier alpha value is -3.19. The molecule has 1 amide bonds. The molecular formula is C21H20ClN3O4. The van der Waals surface area contributed by atoms with E-state index in [0.29, 0.717) is 28.1 Å². The van der Waals surface area contributed by atoms with Crippen molar-refractivity contribution in [1.29, 1.82) is 0 Å². The summed E-state index contributed by atoms with van der Waals surface area (Å²) >= 11 is 6.00. The lowest BCUT2D eigenvalue weighted by molar-refractivity contribution is -0.116. The number of carbonyl (C=O) groups excluding carboxylic acids is 1. The molecule has 150 valence electrons. The van der Waals surface area contributed by atoms with Crippen LogP contribution in [0.4, 0.5) is 5.82 Å². The first kappa shape index (κ1) is 19.1. The van der Waals surface area contributed by atoms with Crippen molar-refractivity contribution in [3.8, 4) is 22.9 Å². The van der Waals surface area contributed by atoms with Crippen LogP contribution in [0.3, 0.4) is 0 Å². The van der Waals surface area contributed by atoms with Gasteiger partial charge >= 0.3 is 0 Å². The van der Waals surface area contributed by atoms with Crippen LogP contribution in [0.25, 0.3) is 5.69 Å². The Kier molecular flexibility index (Phi) is 5.07. The summed E-state index contributed by atoms with van der Waals surface area (Å²) in [7, 11) is 4.69. The Morgan fingerprint density at radius 2 is 1.72 bits per heavy atom. The third-order valence-corrected chi connectivity index (χ3v) is 5.22. The predicted molar refractivity (Wildman–Crippen MR) is 110 cm³/mol. The number of amides is 1. The topological polar surface area (TPSA) is 74.6 Å². The van der Waals surface area contributed by atoms with Crippen molar-refractivity contribution < 1.29 is 19.0 Å². The molecule has 3 aromatic rings. The van der Waals surface area contributed by atoms with Gasteiger partial charge < -0.3 is 19.5 Å². The summed E-state index contributed by atoms with van der Waals surface area (Å²) in [4.78, 5) is 17.1. The molecule has 0 radical (unpaired) electrons. The van der Waals surface area contributed by atoms with Crippen LogP contribution in [0.2, 0.25) is 5.02 Å². The summed E-state index contributed by atoms with van der Waals surface area (Å²) in [6, 6.07) is 11.1. The van der Waals surface area contributed by atoms with E-state index in [-0.39, 0.29) is 18.2 Å². The molecule has 8 heteroatoms. The van der Waals surface area contributed by atoms with Crippen molar-refractivity contribution in [1.82, 2.24) is 9.55 Å². The maximum absolute atomic E-state index is 12.5. The molecule has 7 nitrogen and oxygen atoms in total. The average molecular weight is 414 g/mol. The molecule has 0 aliphatic carbocycles. The SMILES string of the molecule is COc1cc(C2CC(=O)Nc3c2ncn3-c2ccc(Cl)cc2)cc(OC)c1OC. The van der Waals surface area contributed by atoms with E-state index in [0.717, 1.165) is 16.9 Å². The van der Waals surface area contributed by atoms with Gasteiger partial charge in [-0.15, -0.1) is 0 Å². The van der Waals surface area contributed by atoms with Gasteiger partial charge in [0.05, 0.1) is 27.0 Å². The number of halogens is 1. The highest BCUT2D eigenvalue weighted by molar-refractivity contribution is 6.30. The molecule has 2 heterocycles. The molecule has 0 saturated heterocycles. The first-order valence-corrected chi connectivity index (χ1v) is 9.36. The fraction of sp³-hybridized carbons (Fsp3) is 0.238. The van der Waals surface area contributed by atoms with Crippen LogP contribution in [0.15, 0.2) is 42.7 Å². The summed E-state index contributed by atoms with van der Waals surface area (Å²) in [6.45, 7) is 0. The zero-order valence-electron chi connectivity index (χ0n) is 16.2. The second-order valence-electron chi connectivity index (χ2n) is 6.59. The van der Waals surface area contributed by atoms with Crippen molar-refractivity contribution in [2.75, 3.05) is 26.6 Å². The number of nitrogens with one attached hydrogen (secondary N) is 1. The van der Waals surface area contributed by atoms with Crippen LogP contribution < -0.4 is 19.5 Å². The van der Waals surface area contributed by atoms with Gasteiger partial charge in [-0.05, 0) is 42.0 Å². The molecule has 0 spiro atoms. The van der Waals surface area contributed by atoms with Gasteiger partial charge in [-0.1, -0.05) is 11.6 Å². The van der Waals surface area contributed by atoms with Crippen molar-refractivity contribution in [2.24, 2.45) is 0 Å². The number of fused-ring (bicyclic) bond motifs is 1. The number of ether oxygens (including phenoxy) is 3. The van der Waals surface area contributed by atoms with E-state index < -0.39 is 0 Å². The average Bonchev–Trinajstić information content (AvgIpc) is 3.16. The standard InChI is InChI=1S/C21H20ClN3O4/c1-27-16-8-12(9-17(28-2)20(16)29-3)15-10-18(26)24-21-19(15)23-11-25(21)14-6-4-13(22)5-7-14/h4-9,11,15H,10H2,1-3H3,(H,24,26).